The summed E-state index contributed by atoms with van der Waals surface area (Å²) >= 11 is 20.1. The number of rotatable bonds is 15. The third-order valence-electron chi connectivity index (χ3n) is 5.97. The van der Waals surface area contributed by atoms with Gasteiger partial charge in [0.05, 0.1) is 40.9 Å². The lowest BCUT2D eigenvalue weighted by molar-refractivity contribution is -0.467. The van der Waals surface area contributed by atoms with Crippen LogP contribution >= 0.6 is 34.8 Å². The Bertz CT molecular complexity index is 997. The topological polar surface area (TPSA) is 72.2 Å². The summed E-state index contributed by atoms with van der Waals surface area (Å²) in [5.74, 6) is 0.808. The van der Waals surface area contributed by atoms with Gasteiger partial charge in [-0.3, -0.25) is 14.2 Å². The van der Waals surface area contributed by atoms with Crippen LogP contribution in [-0.2, 0) is 20.6 Å². The molecule has 0 aromatic heterocycles. The van der Waals surface area contributed by atoms with Gasteiger partial charge in [0.1, 0.15) is 11.5 Å². The van der Waals surface area contributed by atoms with Gasteiger partial charge in [-0.15, -0.1) is 0 Å². The molecule has 2 N–H and O–H groups in total. The summed E-state index contributed by atoms with van der Waals surface area (Å²) in [7, 11) is -0.446. The van der Waals surface area contributed by atoms with Crippen molar-refractivity contribution in [3.05, 3.63) is 53.1 Å². The van der Waals surface area contributed by atoms with Crippen LogP contribution in [0.25, 0.3) is 0 Å². The molecule has 218 valence electrons. The number of nitrogens with two attached hydrogens (primary N) is 1. The Balaban J connectivity index is 0.00000760. The molecular formula is C28H42Cl3NO5Si2. The predicted octanol–water partition coefficient (Wildman–Crippen LogP) is 6.35. The second kappa shape index (κ2) is 16.0. The number of methoxy groups -OCH3 is 1. The van der Waals surface area contributed by atoms with E-state index in [1.807, 2.05) is 57.2 Å². The van der Waals surface area contributed by atoms with E-state index in [0.717, 1.165) is 34.0 Å². The molecule has 2 aromatic rings. The maximum atomic E-state index is 6.69. The molecule has 4 radical (unpaired) electrons. The van der Waals surface area contributed by atoms with Gasteiger partial charge < -0.3 is 15.2 Å². The molecule has 11 heteroatoms. The Hall–Kier alpha value is -0.816. The van der Waals surface area contributed by atoms with E-state index < -0.39 is 23.9 Å². The SMILES string of the molecule is CCOC(OCC)(OCC)Oc1ccc(C(c2ccc(OC)cc2)C(Cl)(Cl)Cl)c([Si](C)(C)C)c1CCCN.[Si]. The van der Waals surface area contributed by atoms with Crippen molar-refractivity contribution in [3.8, 4) is 11.5 Å². The highest BCUT2D eigenvalue weighted by Gasteiger charge is 2.42. The molecule has 0 bridgehead atoms. The first kappa shape index (κ1) is 36.2. The van der Waals surface area contributed by atoms with Gasteiger partial charge in [-0.25, -0.2) is 0 Å². The Labute approximate surface area is 254 Å². The van der Waals surface area contributed by atoms with Crippen molar-refractivity contribution in [3.63, 3.8) is 0 Å². The zero-order chi connectivity index (χ0) is 28.6. The monoisotopic (exact) mass is 633 g/mol. The lowest BCUT2D eigenvalue weighted by Gasteiger charge is -2.36. The highest BCUT2D eigenvalue weighted by atomic mass is 35.6. The van der Waals surface area contributed by atoms with Crippen LogP contribution in [0.5, 0.6) is 11.5 Å². The van der Waals surface area contributed by atoms with Gasteiger partial charge in [-0.2, -0.15) is 0 Å². The Kier molecular flexibility index (Phi) is 14.8. The molecule has 0 heterocycles. The minimum Gasteiger partial charge on any atom is -0.497 e. The van der Waals surface area contributed by atoms with Crippen molar-refractivity contribution in [1.29, 1.82) is 0 Å². The molecule has 0 aliphatic rings. The zero-order valence-corrected chi connectivity index (χ0v) is 28.3. The molecule has 0 aliphatic carbocycles. The summed E-state index contributed by atoms with van der Waals surface area (Å²) in [6.45, 7) is 13.9. The average molecular weight is 635 g/mol. The Morgan fingerprint density at radius 1 is 0.872 bits per heavy atom. The third-order valence-corrected chi connectivity index (χ3v) is 8.71. The molecule has 0 spiro atoms. The van der Waals surface area contributed by atoms with Gasteiger partial charge in [0.2, 0.25) is 3.79 Å². The minimum atomic E-state index is -2.07. The maximum Gasteiger partial charge on any atom is 0.460 e. The second-order valence-electron chi connectivity index (χ2n) is 9.80. The third kappa shape index (κ3) is 9.62. The molecule has 6 nitrogen and oxygen atoms in total. The zero-order valence-electron chi connectivity index (χ0n) is 24.0. The summed E-state index contributed by atoms with van der Waals surface area (Å²) in [6, 6.07) is 11.5. The molecule has 0 amide bonds. The molecule has 2 aromatic carbocycles. The van der Waals surface area contributed by atoms with Crippen molar-refractivity contribution in [2.24, 2.45) is 5.73 Å². The lowest BCUT2D eigenvalue weighted by Crippen LogP contribution is -2.48. The van der Waals surface area contributed by atoms with E-state index in [1.54, 1.807) is 7.11 Å². The molecule has 0 aliphatic heterocycles. The second-order valence-corrected chi connectivity index (χ2v) is 17.2. The van der Waals surface area contributed by atoms with E-state index in [9.17, 15) is 0 Å². The Morgan fingerprint density at radius 3 is 1.82 bits per heavy atom. The average Bonchev–Trinajstić information content (AvgIpc) is 2.83. The number of alkyl halides is 3. The van der Waals surface area contributed by atoms with E-state index in [2.05, 4.69) is 19.6 Å². The first-order valence-corrected chi connectivity index (χ1v) is 17.7. The van der Waals surface area contributed by atoms with Crippen LogP contribution in [0.4, 0.5) is 0 Å². The van der Waals surface area contributed by atoms with Crippen LogP contribution in [0, 0.1) is 0 Å². The molecule has 39 heavy (non-hydrogen) atoms. The van der Waals surface area contributed by atoms with Crippen molar-refractivity contribution in [2.75, 3.05) is 33.5 Å². The van der Waals surface area contributed by atoms with Gasteiger partial charge in [-0.1, -0.05) is 72.6 Å². The van der Waals surface area contributed by atoms with Crippen molar-refractivity contribution < 1.29 is 23.7 Å². The molecule has 0 saturated heterocycles. The maximum absolute atomic E-state index is 6.69. The van der Waals surface area contributed by atoms with Crippen molar-refractivity contribution >= 4 is 59.0 Å². The van der Waals surface area contributed by atoms with Crippen LogP contribution in [0.15, 0.2) is 36.4 Å². The number of hydrogen-bond donors (Lipinski definition) is 1. The van der Waals surface area contributed by atoms with Crippen molar-refractivity contribution in [1.82, 2.24) is 0 Å². The van der Waals surface area contributed by atoms with E-state index >= 15 is 0 Å². The largest absolute Gasteiger partial charge is 0.497 e. The molecule has 0 fully saturated rings. The van der Waals surface area contributed by atoms with E-state index in [0.29, 0.717) is 38.5 Å². The van der Waals surface area contributed by atoms with Crippen LogP contribution in [0.1, 0.15) is 49.8 Å². The van der Waals surface area contributed by atoms with Gasteiger partial charge in [-0.05, 0) is 80.2 Å². The highest BCUT2D eigenvalue weighted by molar-refractivity contribution is 6.89. The van der Waals surface area contributed by atoms with E-state index in [-0.39, 0.29) is 11.0 Å². The van der Waals surface area contributed by atoms with Gasteiger partial charge in [0, 0.05) is 11.0 Å². The summed E-state index contributed by atoms with van der Waals surface area (Å²) in [5, 5.41) is 1.15. The lowest BCUT2D eigenvalue weighted by atomic mass is 9.90. The first-order valence-electron chi connectivity index (χ1n) is 13.0. The first-order chi connectivity index (χ1) is 17.9. The standard InChI is InChI=1S/C28H42Cl3NO5Si.Si/c1-8-34-28(35-9-2,36-10-3)37-24-18-17-23(26(38(5,6)7)22(24)12-11-19-32)25(27(29,30)31)20-13-15-21(33-4)16-14-20;/h13-18,25H,8-12,19,32H2,1-7H3;. The van der Waals surface area contributed by atoms with E-state index in [1.165, 1.54) is 0 Å². The fraction of sp³-hybridized carbons (Fsp3) is 0.571. The summed E-state index contributed by atoms with van der Waals surface area (Å²) < 4.78 is 27.8. The molecule has 0 saturated carbocycles. The summed E-state index contributed by atoms with van der Waals surface area (Å²) in [6.07, 6.45) is -0.239. The minimum absolute atomic E-state index is 0. The van der Waals surface area contributed by atoms with Crippen LogP contribution in [-0.4, -0.2) is 62.5 Å². The number of halogens is 3. The molecular weight excluding hydrogens is 593 g/mol. The smallest absolute Gasteiger partial charge is 0.460 e. The molecule has 1 atom stereocenters. The van der Waals surface area contributed by atoms with Gasteiger partial charge >= 0.3 is 6.16 Å². The van der Waals surface area contributed by atoms with Gasteiger partial charge in [0.25, 0.3) is 0 Å². The highest BCUT2D eigenvalue weighted by Crippen LogP contribution is 2.47. The fourth-order valence-electron chi connectivity index (χ4n) is 4.62. The molecule has 1 unspecified atom stereocenters. The quantitative estimate of drug-likeness (QED) is 0.140. The number of hydrogen-bond acceptors (Lipinski definition) is 6. The van der Waals surface area contributed by atoms with E-state index in [4.69, 9.17) is 64.2 Å². The predicted molar refractivity (Wildman–Crippen MR) is 166 cm³/mol. The van der Waals surface area contributed by atoms with Crippen LogP contribution < -0.4 is 20.4 Å². The molecule has 2 rings (SSSR count). The Morgan fingerprint density at radius 2 is 1.41 bits per heavy atom. The van der Waals surface area contributed by atoms with Crippen LogP contribution in [0.2, 0.25) is 19.6 Å². The number of ether oxygens (including phenoxy) is 5. The summed E-state index contributed by atoms with van der Waals surface area (Å²) in [5.41, 5.74) is 8.78. The van der Waals surface area contributed by atoms with Crippen LogP contribution in [0.3, 0.4) is 0 Å². The number of benzene rings is 2. The fourth-order valence-corrected chi connectivity index (χ4v) is 7.59. The normalized spacial score (nSPS) is 13.1. The summed E-state index contributed by atoms with van der Waals surface area (Å²) in [4.78, 5) is 0. The van der Waals surface area contributed by atoms with Crippen molar-refractivity contribution in [2.45, 2.75) is 69.1 Å². The van der Waals surface area contributed by atoms with Gasteiger partial charge in [0.15, 0.2) is 0 Å².